The van der Waals surface area contributed by atoms with E-state index >= 15 is 0 Å². The Bertz CT molecular complexity index is 172. The number of carbonyl (C=O) groups is 1. The van der Waals surface area contributed by atoms with Crippen molar-refractivity contribution in [2.24, 2.45) is 5.73 Å². The first kappa shape index (κ1) is 10.4. The highest BCUT2D eigenvalue weighted by atomic mass is 28.4. The molecule has 0 saturated carbocycles. The van der Waals surface area contributed by atoms with Gasteiger partial charge in [-0.1, -0.05) is 6.58 Å². The Kier molecular flexibility index (Phi) is 3.48. The van der Waals surface area contributed by atoms with Crippen LogP contribution in [0, 0.1) is 0 Å². The fraction of sp³-hybridized carbons (Fsp3) is 0.571. The number of hydrogen-bond acceptors (Lipinski definition) is 2. The number of primary amides is 1. The number of nitrogens with two attached hydrogens (primary N) is 1. The number of rotatable bonds is 4. The standard InChI is InChI=1S/C7H15NO2Si/c1-6(7(8)9)5-10-11(2,3)4/h1,5H2,2-4H3,(H2,8,9). The molecule has 0 heterocycles. The van der Waals surface area contributed by atoms with Crippen LogP contribution in [0.5, 0.6) is 0 Å². The van der Waals surface area contributed by atoms with E-state index in [9.17, 15) is 4.79 Å². The van der Waals surface area contributed by atoms with Gasteiger partial charge in [0.2, 0.25) is 5.91 Å². The molecule has 0 atom stereocenters. The van der Waals surface area contributed by atoms with E-state index in [0.29, 0.717) is 5.57 Å². The molecule has 64 valence electrons. The zero-order valence-corrected chi connectivity index (χ0v) is 8.31. The maximum Gasteiger partial charge on any atom is 0.246 e. The number of hydrogen-bond donors (Lipinski definition) is 1. The van der Waals surface area contributed by atoms with Gasteiger partial charge in [-0.25, -0.2) is 0 Å². The molecule has 0 saturated heterocycles. The summed E-state index contributed by atoms with van der Waals surface area (Å²) in [6.45, 7) is 9.88. The van der Waals surface area contributed by atoms with Gasteiger partial charge < -0.3 is 10.2 Å². The van der Waals surface area contributed by atoms with Crippen LogP contribution in [-0.2, 0) is 9.22 Å². The van der Waals surface area contributed by atoms with Crippen LogP contribution in [0.2, 0.25) is 19.6 Å². The maximum absolute atomic E-state index is 10.5. The van der Waals surface area contributed by atoms with Gasteiger partial charge in [0.05, 0.1) is 6.61 Å². The van der Waals surface area contributed by atoms with Gasteiger partial charge in [-0.05, 0) is 19.6 Å². The van der Waals surface area contributed by atoms with E-state index in [-0.39, 0.29) is 6.61 Å². The summed E-state index contributed by atoms with van der Waals surface area (Å²) in [5, 5.41) is 0. The Morgan fingerprint density at radius 2 is 2.00 bits per heavy atom. The molecule has 0 aliphatic carbocycles. The molecule has 11 heavy (non-hydrogen) atoms. The summed E-state index contributed by atoms with van der Waals surface area (Å²) in [6.07, 6.45) is 0. The van der Waals surface area contributed by atoms with E-state index in [1.165, 1.54) is 0 Å². The summed E-state index contributed by atoms with van der Waals surface area (Å²) < 4.78 is 5.39. The normalized spacial score (nSPS) is 11.2. The highest BCUT2D eigenvalue weighted by Crippen LogP contribution is 2.04. The van der Waals surface area contributed by atoms with Crippen molar-refractivity contribution in [3.63, 3.8) is 0 Å². The van der Waals surface area contributed by atoms with Crippen molar-refractivity contribution in [3.8, 4) is 0 Å². The Balaban J connectivity index is 3.73. The lowest BCUT2D eigenvalue weighted by Crippen LogP contribution is -2.28. The van der Waals surface area contributed by atoms with Gasteiger partial charge in [0.15, 0.2) is 8.32 Å². The molecule has 0 bridgehead atoms. The highest BCUT2D eigenvalue weighted by Gasteiger charge is 2.15. The molecule has 2 N–H and O–H groups in total. The largest absolute Gasteiger partial charge is 0.413 e. The molecular weight excluding hydrogens is 158 g/mol. The molecule has 0 unspecified atom stereocenters. The van der Waals surface area contributed by atoms with Crippen LogP contribution >= 0.6 is 0 Å². The summed E-state index contributed by atoms with van der Waals surface area (Å²) in [5.74, 6) is -0.483. The van der Waals surface area contributed by atoms with Crippen molar-refractivity contribution >= 4 is 14.2 Å². The minimum Gasteiger partial charge on any atom is -0.413 e. The molecule has 0 aromatic rings. The Morgan fingerprint density at radius 3 is 2.27 bits per heavy atom. The lowest BCUT2D eigenvalue weighted by molar-refractivity contribution is -0.114. The summed E-state index contributed by atoms with van der Waals surface area (Å²) in [6, 6.07) is 0. The Morgan fingerprint density at radius 1 is 1.55 bits per heavy atom. The van der Waals surface area contributed by atoms with Crippen molar-refractivity contribution in [2.45, 2.75) is 19.6 Å². The molecule has 0 aromatic carbocycles. The second-order valence-electron chi connectivity index (χ2n) is 3.37. The fourth-order valence-corrected chi connectivity index (χ4v) is 0.982. The predicted octanol–water partition coefficient (Wildman–Crippen LogP) is 0.879. The summed E-state index contributed by atoms with van der Waals surface area (Å²) in [4.78, 5) is 10.5. The van der Waals surface area contributed by atoms with Crippen LogP contribution in [0.1, 0.15) is 0 Å². The first-order valence-corrected chi connectivity index (χ1v) is 6.85. The third kappa shape index (κ3) is 5.81. The van der Waals surface area contributed by atoms with Crippen LogP contribution in [0.4, 0.5) is 0 Å². The van der Waals surface area contributed by atoms with Gasteiger partial charge in [-0.15, -0.1) is 0 Å². The van der Waals surface area contributed by atoms with Gasteiger partial charge in [0.1, 0.15) is 0 Å². The van der Waals surface area contributed by atoms with E-state index in [2.05, 4.69) is 6.58 Å². The maximum atomic E-state index is 10.5. The van der Waals surface area contributed by atoms with Crippen LogP contribution in [0.3, 0.4) is 0 Å². The monoisotopic (exact) mass is 173 g/mol. The van der Waals surface area contributed by atoms with Crippen LogP contribution < -0.4 is 5.73 Å². The second-order valence-corrected chi connectivity index (χ2v) is 7.88. The first-order chi connectivity index (χ1) is 4.83. The average molecular weight is 173 g/mol. The molecule has 1 amide bonds. The summed E-state index contributed by atoms with van der Waals surface area (Å²) in [5.41, 5.74) is 5.30. The van der Waals surface area contributed by atoms with Crippen molar-refractivity contribution < 1.29 is 9.22 Å². The lowest BCUT2D eigenvalue weighted by Gasteiger charge is -2.16. The molecule has 0 fully saturated rings. The molecule has 0 radical (unpaired) electrons. The first-order valence-electron chi connectivity index (χ1n) is 3.44. The van der Waals surface area contributed by atoms with Gasteiger partial charge in [0, 0.05) is 5.57 Å². The second kappa shape index (κ2) is 3.68. The molecule has 4 heteroatoms. The molecule has 0 aliphatic rings. The van der Waals surface area contributed by atoms with Gasteiger partial charge >= 0.3 is 0 Å². The Hall–Kier alpha value is -0.613. The van der Waals surface area contributed by atoms with Crippen LogP contribution in [0.15, 0.2) is 12.2 Å². The molecule has 0 rings (SSSR count). The van der Waals surface area contributed by atoms with E-state index < -0.39 is 14.2 Å². The van der Waals surface area contributed by atoms with E-state index in [0.717, 1.165) is 0 Å². The van der Waals surface area contributed by atoms with Crippen molar-refractivity contribution in [1.29, 1.82) is 0 Å². The van der Waals surface area contributed by atoms with Crippen molar-refractivity contribution in [3.05, 3.63) is 12.2 Å². The summed E-state index contributed by atoms with van der Waals surface area (Å²) >= 11 is 0. The molecule has 3 nitrogen and oxygen atoms in total. The smallest absolute Gasteiger partial charge is 0.246 e. The van der Waals surface area contributed by atoms with Crippen molar-refractivity contribution in [2.75, 3.05) is 6.61 Å². The molecule has 0 spiro atoms. The van der Waals surface area contributed by atoms with E-state index in [1.54, 1.807) is 0 Å². The molecule has 0 aliphatic heterocycles. The molecular formula is C7H15NO2Si. The summed E-state index contributed by atoms with van der Waals surface area (Å²) in [7, 11) is -1.53. The predicted molar refractivity (Wildman–Crippen MR) is 47.6 cm³/mol. The van der Waals surface area contributed by atoms with Gasteiger partial charge in [-0.2, -0.15) is 0 Å². The zero-order valence-electron chi connectivity index (χ0n) is 7.31. The fourth-order valence-electron chi connectivity index (χ4n) is 0.375. The van der Waals surface area contributed by atoms with E-state index in [1.807, 2.05) is 19.6 Å². The minimum absolute atomic E-state index is 0.269. The third-order valence-electron chi connectivity index (χ3n) is 1.03. The lowest BCUT2D eigenvalue weighted by atomic mass is 10.3. The van der Waals surface area contributed by atoms with Gasteiger partial charge in [-0.3, -0.25) is 4.79 Å². The third-order valence-corrected chi connectivity index (χ3v) is 2.04. The number of carbonyl (C=O) groups excluding carboxylic acids is 1. The average Bonchev–Trinajstić information content (AvgIpc) is 1.80. The minimum atomic E-state index is -1.53. The number of amides is 1. The van der Waals surface area contributed by atoms with Crippen LogP contribution in [-0.4, -0.2) is 20.8 Å². The Labute approximate surface area is 68.4 Å². The zero-order chi connectivity index (χ0) is 9.07. The van der Waals surface area contributed by atoms with Crippen LogP contribution in [0.25, 0.3) is 0 Å². The quantitative estimate of drug-likeness (QED) is 0.507. The SMILES string of the molecule is C=C(CO[Si](C)(C)C)C(N)=O. The topological polar surface area (TPSA) is 52.3 Å². The molecule has 0 aromatic heterocycles. The van der Waals surface area contributed by atoms with E-state index in [4.69, 9.17) is 10.2 Å². The highest BCUT2D eigenvalue weighted by molar-refractivity contribution is 6.69. The van der Waals surface area contributed by atoms with Gasteiger partial charge in [0.25, 0.3) is 0 Å². The van der Waals surface area contributed by atoms with Crippen molar-refractivity contribution in [1.82, 2.24) is 0 Å².